The maximum absolute atomic E-state index is 10.9. The van der Waals surface area contributed by atoms with Crippen molar-refractivity contribution in [3.63, 3.8) is 0 Å². The van der Waals surface area contributed by atoms with Crippen LogP contribution in [-0.2, 0) is 9.53 Å². The third-order valence-corrected chi connectivity index (χ3v) is 3.36. The number of hydrogen-bond acceptors (Lipinski definition) is 6. The molecule has 1 fully saturated rings. The van der Waals surface area contributed by atoms with Crippen LogP contribution in [0.15, 0.2) is 11.5 Å². The molecule has 6 heteroatoms. The number of hydrogen-bond donors (Lipinski definition) is 4. The van der Waals surface area contributed by atoms with Crippen LogP contribution in [0.2, 0.25) is 0 Å². The fraction of sp³-hybridized carbons (Fsp3) is 0.667. The average Bonchev–Trinajstić information content (AvgIpc) is 2.41. The Kier molecular flexibility index (Phi) is 1.68. The van der Waals surface area contributed by atoms with Crippen LogP contribution in [0.3, 0.4) is 0 Å². The Bertz CT molecular complexity index is 371. The minimum atomic E-state index is -1.74. The number of aliphatic hydroxyl groups excluding tert-OH is 3. The molecule has 1 heterocycles. The van der Waals surface area contributed by atoms with Gasteiger partial charge in [-0.05, 0) is 0 Å². The van der Waals surface area contributed by atoms with Crippen molar-refractivity contribution in [1.29, 1.82) is 0 Å². The lowest BCUT2D eigenvalue weighted by Crippen LogP contribution is -2.36. The molecule has 0 spiro atoms. The Morgan fingerprint density at radius 1 is 1.33 bits per heavy atom. The lowest BCUT2D eigenvalue weighted by molar-refractivity contribution is -0.150. The molecule has 0 aromatic heterocycles. The first-order chi connectivity index (χ1) is 6.74. The van der Waals surface area contributed by atoms with Gasteiger partial charge >= 0.3 is 5.97 Å². The maximum atomic E-state index is 10.9. The fourth-order valence-electron chi connectivity index (χ4n) is 1.97. The summed E-state index contributed by atoms with van der Waals surface area (Å²) in [5, 5.41) is 37.9. The highest BCUT2D eigenvalue weighted by Gasteiger charge is 2.77. The van der Waals surface area contributed by atoms with Crippen molar-refractivity contribution in [2.75, 3.05) is 0 Å². The highest BCUT2D eigenvalue weighted by Crippen LogP contribution is 2.60. The van der Waals surface area contributed by atoms with Crippen molar-refractivity contribution in [2.24, 2.45) is 5.41 Å². The zero-order valence-electron chi connectivity index (χ0n) is 8.26. The van der Waals surface area contributed by atoms with E-state index in [1.807, 2.05) is 0 Å². The van der Waals surface area contributed by atoms with Crippen molar-refractivity contribution >= 4 is 5.97 Å². The van der Waals surface area contributed by atoms with Gasteiger partial charge < -0.3 is 25.2 Å². The molecule has 0 bridgehead atoms. The van der Waals surface area contributed by atoms with Gasteiger partial charge in [-0.25, -0.2) is 4.79 Å². The second kappa shape index (κ2) is 2.45. The third kappa shape index (κ3) is 0.929. The summed E-state index contributed by atoms with van der Waals surface area (Å²) in [4.78, 5) is 10.9. The highest BCUT2D eigenvalue weighted by molar-refractivity contribution is 5.89. The molecule has 0 amide bonds. The van der Waals surface area contributed by atoms with E-state index in [0.717, 1.165) is 0 Å². The zero-order chi connectivity index (χ0) is 11.6. The van der Waals surface area contributed by atoms with Gasteiger partial charge in [0, 0.05) is 5.41 Å². The summed E-state index contributed by atoms with van der Waals surface area (Å²) in [5.41, 5.74) is -2.63. The Labute approximate surface area is 85.4 Å². The van der Waals surface area contributed by atoms with E-state index < -0.39 is 40.7 Å². The molecule has 3 atom stereocenters. The first kappa shape index (κ1) is 10.3. The normalized spacial score (nSPS) is 43.1. The van der Waals surface area contributed by atoms with Gasteiger partial charge in [-0.1, -0.05) is 13.8 Å². The van der Waals surface area contributed by atoms with E-state index in [1.165, 1.54) is 0 Å². The second-order valence-corrected chi connectivity index (χ2v) is 4.47. The summed E-state index contributed by atoms with van der Waals surface area (Å²) in [5.74, 6) is -2.74. The van der Waals surface area contributed by atoms with Gasteiger partial charge in [0.2, 0.25) is 5.76 Å². The number of aliphatic hydroxyl groups is 4. The van der Waals surface area contributed by atoms with Crippen molar-refractivity contribution in [3.05, 3.63) is 11.5 Å². The van der Waals surface area contributed by atoms with E-state index in [9.17, 15) is 20.1 Å². The molecular weight excluding hydrogens is 204 g/mol. The standard InChI is InChI=1S/C9H12O6/c1-8(2)7(13)9(8,14)5-3(10)4(11)6(12)15-5/h5,7,10-11,13-14H,1-2H3/t5-,7?,9+/m0/s1. The van der Waals surface area contributed by atoms with Crippen molar-refractivity contribution in [1.82, 2.24) is 0 Å². The van der Waals surface area contributed by atoms with Gasteiger partial charge in [0.05, 0.1) is 6.10 Å². The van der Waals surface area contributed by atoms with E-state index in [2.05, 4.69) is 4.74 Å². The van der Waals surface area contributed by atoms with Crippen molar-refractivity contribution in [2.45, 2.75) is 31.7 Å². The van der Waals surface area contributed by atoms with Gasteiger partial charge in [-0.15, -0.1) is 0 Å². The molecule has 84 valence electrons. The van der Waals surface area contributed by atoms with Gasteiger partial charge in [0.25, 0.3) is 0 Å². The molecule has 0 aromatic carbocycles. The molecule has 0 saturated heterocycles. The Morgan fingerprint density at radius 3 is 2.07 bits per heavy atom. The smallest absolute Gasteiger partial charge is 0.378 e. The van der Waals surface area contributed by atoms with Crippen LogP contribution in [0.4, 0.5) is 0 Å². The lowest BCUT2D eigenvalue weighted by Gasteiger charge is -2.19. The molecule has 2 rings (SSSR count). The monoisotopic (exact) mass is 216 g/mol. The average molecular weight is 216 g/mol. The largest absolute Gasteiger partial charge is 0.505 e. The van der Waals surface area contributed by atoms with E-state index in [4.69, 9.17) is 5.11 Å². The van der Waals surface area contributed by atoms with Crippen LogP contribution >= 0.6 is 0 Å². The molecule has 1 aliphatic carbocycles. The summed E-state index contributed by atoms with van der Waals surface area (Å²) in [6.45, 7) is 3.13. The third-order valence-electron chi connectivity index (χ3n) is 3.36. The topological polar surface area (TPSA) is 107 Å². The molecule has 6 nitrogen and oxygen atoms in total. The van der Waals surface area contributed by atoms with Crippen molar-refractivity contribution in [3.8, 4) is 0 Å². The molecule has 1 unspecified atom stereocenters. The van der Waals surface area contributed by atoms with Crippen molar-refractivity contribution < 1.29 is 30.0 Å². The SMILES string of the molecule is CC1(C)C(O)[C@]1(O)[C@H]1OC(=O)C(O)=C1O. The molecular formula is C9H12O6. The zero-order valence-corrected chi connectivity index (χ0v) is 8.26. The van der Waals surface area contributed by atoms with Crippen LogP contribution in [-0.4, -0.2) is 44.2 Å². The minimum absolute atomic E-state index is 0.730. The van der Waals surface area contributed by atoms with E-state index >= 15 is 0 Å². The van der Waals surface area contributed by atoms with Crippen LogP contribution in [0.25, 0.3) is 0 Å². The summed E-state index contributed by atoms with van der Waals surface area (Å²) >= 11 is 0. The summed E-state index contributed by atoms with van der Waals surface area (Å²) < 4.78 is 4.60. The molecule has 1 aliphatic heterocycles. The first-order valence-corrected chi connectivity index (χ1v) is 4.48. The van der Waals surface area contributed by atoms with Crippen LogP contribution in [0.5, 0.6) is 0 Å². The minimum Gasteiger partial charge on any atom is -0.505 e. The quantitative estimate of drug-likeness (QED) is 0.435. The molecule has 4 N–H and O–H groups in total. The Hall–Kier alpha value is -1.27. The van der Waals surface area contributed by atoms with E-state index in [1.54, 1.807) is 13.8 Å². The van der Waals surface area contributed by atoms with Gasteiger partial charge in [-0.3, -0.25) is 0 Å². The summed E-state index contributed by atoms with van der Waals surface area (Å²) in [6, 6.07) is 0. The second-order valence-electron chi connectivity index (χ2n) is 4.47. The number of carbonyl (C=O) groups excluding carboxylic acids is 1. The van der Waals surface area contributed by atoms with Gasteiger partial charge in [-0.2, -0.15) is 0 Å². The predicted molar refractivity (Wildman–Crippen MR) is 46.9 cm³/mol. The molecule has 15 heavy (non-hydrogen) atoms. The Morgan fingerprint density at radius 2 is 1.80 bits per heavy atom. The summed E-state index contributed by atoms with van der Waals surface area (Å²) in [7, 11) is 0. The van der Waals surface area contributed by atoms with Gasteiger partial charge in [0.1, 0.15) is 5.60 Å². The number of rotatable bonds is 1. The maximum Gasteiger partial charge on any atom is 0.378 e. The lowest BCUT2D eigenvalue weighted by atomic mass is 10.0. The van der Waals surface area contributed by atoms with E-state index in [-0.39, 0.29) is 0 Å². The number of ether oxygens (including phenoxy) is 1. The fourth-order valence-corrected chi connectivity index (χ4v) is 1.97. The summed E-state index contributed by atoms with van der Waals surface area (Å²) in [6.07, 6.45) is -2.51. The van der Waals surface area contributed by atoms with E-state index in [0.29, 0.717) is 0 Å². The van der Waals surface area contributed by atoms with Gasteiger partial charge in [0.15, 0.2) is 11.9 Å². The van der Waals surface area contributed by atoms with Crippen LogP contribution < -0.4 is 0 Å². The first-order valence-electron chi connectivity index (χ1n) is 4.48. The Balaban J connectivity index is 2.34. The molecule has 2 aliphatic rings. The number of cyclic esters (lactones) is 1. The highest BCUT2D eigenvalue weighted by atomic mass is 16.6. The predicted octanol–water partition coefficient (Wildman–Crippen LogP) is -0.629. The molecule has 1 saturated carbocycles. The molecule has 0 aromatic rings. The number of esters is 1. The van der Waals surface area contributed by atoms with Crippen LogP contribution in [0.1, 0.15) is 13.8 Å². The number of carbonyl (C=O) groups is 1. The van der Waals surface area contributed by atoms with Crippen LogP contribution in [0, 0.1) is 5.41 Å². The molecule has 0 radical (unpaired) electrons.